The summed E-state index contributed by atoms with van der Waals surface area (Å²) in [5.74, 6) is 0.511. The molecule has 4 aromatic rings. The molecule has 186 valence electrons. The highest BCUT2D eigenvalue weighted by Gasteiger charge is 2.43. The molecule has 1 aliphatic heterocycles. The summed E-state index contributed by atoms with van der Waals surface area (Å²) in [6.45, 7) is 2.36. The zero-order valence-corrected chi connectivity index (χ0v) is 21.5. The monoisotopic (exact) mass is 523 g/mol. The molecule has 1 aliphatic rings. The molecule has 1 amide bonds. The Kier molecular flexibility index (Phi) is 6.74. The lowest BCUT2D eigenvalue weighted by Crippen LogP contribution is -2.38. The van der Waals surface area contributed by atoms with E-state index in [4.69, 9.17) is 9.15 Å². The molecule has 0 bridgehead atoms. The Morgan fingerprint density at radius 1 is 1.06 bits per heavy atom. The van der Waals surface area contributed by atoms with Gasteiger partial charge in [-0.15, -0.1) is 0 Å². The average molecular weight is 524 g/mol. The van der Waals surface area contributed by atoms with Gasteiger partial charge in [0.1, 0.15) is 17.4 Å². The first-order valence-electron chi connectivity index (χ1n) is 11.4. The fourth-order valence-electron chi connectivity index (χ4n) is 4.21. The Balaban J connectivity index is 1.42. The SMILES string of the molecule is COc1ccc(C2N(C(=O)CSc3nc4ccccc4o3)CCN2S(=O)(=O)c2ccc(C)cc2)cc1. The van der Waals surface area contributed by atoms with Crippen LogP contribution in [0.25, 0.3) is 11.1 Å². The van der Waals surface area contributed by atoms with Gasteiger partial charge in [-0.05, 0) is 48.9 Å². The number of aryl methyl sites for hydroxylation is 1. The van der Waals surface area contributed by atoms with Gasteiger partial charge in [0.15, 0.2) is 5.58 Å². The Hall–Kier alpha value is -3.34. The Labute approximate surface area is 213 Å². The van der Waals surface area contributed by atoms with Crippen LogP contribution in [-0.4, -0.2) is 54.5 Å². The van der Waals surface area contributed by atoms with Gasteiger partial charge in [-0.1, -0.05) is 53.7 Å². The van der Waals surface area contributed by atoms with Crippen molar-refractivity contribution in [3.63, 3.8) is 0 Å². The molecule has 0 spiro atoms. The first-order valence-corrected chi connectivity index (χ1v) is 13.8. The molecule has 0 radical (unpaired) electrons. The van der Waals surface area contributed by atoms with Crippen molar-refractivity contribution in [1.82, 2.24) is 14.2 Å². The summed E-state index contributed by atoms with van der Waals surface area (Å²) in [5.41, 5.74) is 3.03. The van der Waals surface area contributed by atoms with Crippen LogP contribution >= 0.6 is 11.8 Å². The van der Waals surface area contributed by atoms with E-state index in [2.05, 4.69) is 4.98 Å². The number of fused-ring (bicyclic) bond motifs is 1. The van der Waals surface area contributed by atoms with Crippen molar-refractivity contribution in [3.8, 4) is 5.75 Å². The number of hydrogen-bond donors (Lipinski definition) is 0. The highest BCUT2D eigenvalue weighted by molar-refractivity contribution is 7.99. The first kappa shape index (κ1) is 24.4. The fourth-order valence-corrected chi connectivity index (χ4v) is 6.50. The Morgan fingerprint density at radius 3 is 2.47 bits per heavy atom. The standard InChI is InChI=1S/C26H25N3O5S2/c1-18-7-13-21(14-8-18)36(31,32)29-16-15-28(25(29)19-9-11-20(33-2)12-10-19)24(30)17-35-26-27-22-5-3-4-6-23(22)34-26/h3-14,25H,15-17H2,1-2H3. The van der Waals surface area contributed by atoms with Crippen LogP contribution in [0.5, 0.6) is 5.75 Å². The maximum atomic E-state index is 13.6. The van der Waals surface area contributed by atoms with E-state index in [0.29, 0.717) is 22.1 Å². The number of carbonyl (C=O) groups is 1. The highest BCUT2D eigenvalue weighted by atomic mass is 32.2. The van der Waals surface area contributed by atoms with Gasteiger partial charge < -0.3 is 14.1 Å². The van der Waals surface area contributed by atoms with Gasteiger partial charge in [-0.25, -0.2) is 13.4 Å². The molecule has 36 heavy (non-hydrogen) atoms. The Morgan fingerprint density at radius 2 is 1.78 bits per heavy atom. The quantitative estimate of drug-likeness (QED) is 0.330. The van der Waals surface area contributed by atoms with E-state index in [9.17, 15) is 13.2 Å². The van der Waals surface area contributed by atoms with Crippen molar-refractivity contribution < 1.29 is 22.4 Å². The minimum absolute atomic E-state index is 0.0674. The van der Waals surface area contributed by atoms with Crippen LogP contribution in [0, 0.1) is 6.92 Å². The van der Waals surface area contributed by atoms with E-state index in [-0.39, 0.29) is 29.6 Å². The zero-order chi connectivity index (χ0) is 25.3. The van der Waals surface area contributed by atoms with Crippen LogP contribution in [0.4, 0.5) is 0 Å². The number of para-hydroxylation sites is 2. The summed E-state index contributed by atoms with van der Waals surface area (Å²) >= 11 is 1.19. The van der Waals surface area contributed by atoms with Crippen LogP contribution in [0.2, 0.25) is 0 Å². The van der Waals surface area contributed by atoms with Crippen LogP contribution < -0.4 is 4.74 Å². The average Bonchev–Trinajstić information content (AvgIpc) is 3.52. The van der Waals surface area contributed by atoms with Gasteiger partial charge in [0.05, 0.1) is 17.8 Å². The lowest BCUT2D eigenvalue weighted by atomic mass is 10.1. The minimum Gasteiger partial charge on any atom is -0.497 e. The van der Waals surface area contributed by atoms with Crippen molar-refractivity contribution in [2.24, 2.45) is 0 Å². The molecule has 2 heterocycles. The number of amides is 1. The third-order valence-electron chi connectivity index (χ3n) is 6.08. The van der Waals surface area contributed by atoms with Crippen molar-refractivity contribution in [2.75, 3.05) is 26.0 Å². The normalized spacial score (nSPS) is 16.5. The minimum atomic E-state index is -3.85. The number of benzene rings is 3. The molecule has 1 atom stereocenters. The molecule has 1 unspecified atom stereocenters. The van der Waals surface area contributed by atoms with Crippen molar-refractivity contribution in [1.29, 1.82) is 0 Å². The van der Waals surface area contributed by atoms with Crippen molar-refractivity contribution in [2.45, 2.75) is 23.2 Å². The third-order valence-corrected chi connectivity index (χ3v) is 8.77. The van der Waals surface area contributed by atoms with Gasteiger partial charge >= 0.3 is 0 Å². The lowest BCUT2D eigenvalue weighted by molar-refractivity contribution is -0.130. The number of methoxy groups -OCH3 is 1. The molecule has 8 nitrogen and oxygen atoms in total. The molecule has 3 aromatic carbocycles. The van der Waals surface area contributed by atoms with Crippen LogP contribution in [0.1, 0.15) is 17.3 Å². The molecule has 0 aliphatic carbocycles. The molecule has 0 N–H and O–H groups in total. The summed E-state index contributed by atoms with van der Waals surface area (Å²) in [6.07, 6.45) is -0.779. The van der Waals surface area contributed by atoms with Crippen molar-refractivity contribution in [3.05, 3.63) is 83.9 Å². The van der Waals surface area contributed by atoms with E-state index in [1.54, 1.807) is 60.5 Å². The summed E-state index contributed by atoms with van der Waals surface area (Å²) in [5, 5.41) is 0.397. The van der Waals surface area contributed by atoms with Gasteiger partial charge in [0.2, 0.25) is 15.9 Å². The number of rotatable bonds is 7. The van der Waals surface area contributed by atoms with Crippen LogP contribution in [-0.2, 0) is 14.8 Å². The number of carbonyl (C=O) groups excluding carboxylic acids is 1. The third kappa shape index (κ3) is 4.71. The van der Waals surface area contributed by atoms with Crippen molar-refractivity contribution >= 4 is 38.8 Å². The van der Waals surface area contributed by atoms with Gasteiger partial charge in [-0.2, -0.15) is 4.31 Å². The lowest BCUT2D eigenvalue weighted by Gasteiger charge is -2.30. The molecule has 0 saturated carbocycles. The second kappa shape index (κ2) is 9.96. The molecule has 10 heteroatoms. The topological polar surface area (TPSA) is 92.9 Å². The first-order chi connectivity index (χ1) is 17.4. The summed E-state index contributed by atoms with van der Waals surface area (Å²) in [6, 6.07) is 21.3. The predicted molar refractivity (Wildman–Crippen MR) is 137 cm³/mol. The van der Waals surface area contributed by atoms with Crippen LogP contribution in [0.15, 0.2) is 87.3 Å². The van der Waals surface area contributed by atoms with E-state index < -0.39 is 16.2 Å². The second-order valence-corrected chi connectivity index (χ2v) is 11.2. The molecule has 1 fully saturated rings. The molecule has 5 rings (SSSR count). The number of hydrogen-bond acceptors (Lipinski definition) is 7. The van der Waals surface area contributed by atoms with E-state index in [1.165, 1.54) is 16.1 Å². The largest absolute Gasteiger partial charge is 0.497 e. The molecular formula is C26H25N3O5S2. The second-order valence-electron chi connectivity index (χ2n) is 8.40. The number of nitrogens with zero attached hydrogens (tertiary/aromatic N) is 3. The van der Waals surface area contributed by atoms with E-state index in [0.717, 1.165) is 11.1 Å². The summed E-state index contributed by atoms with van der Waals surface area (Å²) in [4.78, 5) is 19.6. The van der Waals surface area contributed by atoms with E-state index >= 15 is 0 Å². The molecule has 1 aromatic heterocycles. The number of sulfonamides is 1. The van der Waals surface area contributed by atoms with Gasteiger partial charge in [0.25, 0.3) is 5.22 Å². The van der Waals surface area contributed by atoms with Crippen LogP contribution in [0.3, 0.4) is 0 Å². The maximum Gasteiger partial charge on any atom is 0.257 e. The number of oxazole rings is 1. The van der Waals surface area contributed by atoms with E-state index in [1.807, 2.05) is 31.2 Å². The molecule has 1 saturated heterocycles. The Bertz CT molecular complexity index is 1450. The summed E-state index contributed by atoms with van der Waals surface area (Å²) < 4.78 is 39.6. The maximum absolute atomic E-state index is 13.6. The number of aromatic nitrogens is 1. The predicted octanol–water partition coefficient (Wildman–Crippen LogP) is 4.47. The molecular weight excluding hydrogens is 498 g/mol. The zero-order valence-electron chi connectivity index (χ0n) is 19.8. The fraction of sp³-hybridized carbons (Fsp3) is 0.231. The summed E-state index contributed by atoms with van der Waals surface area (Å²) in [7, 11) is -2.28. The highest BCUT2D eigenvalue weighted by Crippen LogP contribution is 2.36. The van der Waals surface area contributed by atoms with Gasteiger partial charge in [-0.3, -0.25) is 4.79 Å². The van der Waals surface area contributed by atoms with Gasteiger partial charge in [0, 0.05) is 13.1 Å². The smallest absolute Gasteiger partial charge is 0.257 e. The number of thioether (sulfide) groups is 1. The number of ether oxygens (including phenoxy) is 1.